The molecule has 1 atom stereocenters. The number of aliphatic imine (C=N–C) groups is 1. The lowest BCUT2D eigenvalue weighted by Crippen LogP contribution is -2.36. The van der Waals surface area contributed by atoms with Crippen LogP contribution in [-0.4, -0.2) is 29.6 Å². The van der Waals surface area contributed by atoms with Crippen LogP contribution in [0.1, 0.15) is 35.4 Å². The average molecular weight is 491 g/mol. The van der Waals surface area contributed by atoms with Crippen molar-refractivity contribution in [2.24, 2.45) is 4.99 Å². The number of nitrogens with zero attached hydrogens (tertiary/aromatic N) is 2. The Hall–Kier alpha value is -2.06. The molecule has 2 N–H and O–H groups in total. The standard InChI is InChI=1S/C22H25N3O2.HI/c1-3-20-18(17-6-4-5-7-21(17)27-20)13-25(2)22-23-12-19(24-22)16-10-8-15(14-26)9-11-16;/h4-11,19,26H,3,12-14H2,1-2H3,(H,23,24);1H. The highest BCUT2D eigenvalue weighted by Gasteiger charge is 2.23. The smallest absolute Gasteiger partial charge is 0.194 e. The molecule has 0 fully saturated rings. The number of rotatable bonds is 5. The predicted molar refractivity (Wildman–Crippen MR) is 123 cm³/mol. The van der Waals surface area contributed by atoms with Crippen LogP contribution < -0.4 is 5.32 Å². The van der Waals surface area contributed by atoms with Gasteiger partial charge in [0.05, 0.1) is 19.2 Å². The number of hydrogen-bond acceptors (Lipinski definition) is 5. The topological polar surface area (TPSA) is 61.0 Å². The van der Waals surface area contributed by atoms with Crippen LogP contribution in [0.2, 0.25) is 0 Å². The van der Waals surface area contributed by atoms with Gasteiger partial charge in [-0.25, -0.2) is 0 Å². The summed E-state index contributed by atoms with van der Waals surface area (Å²) in [6.45, 7) is 3.66. The number of aliphatic hydroxyl groups is 1. The van der Waals surface area contributed by atoms with E-state index < -0.39 is 0 Å². The molecule has 0 saturated heterocycles. The molecule has 0 radical (unpaired) electrons. The van der Waals surface area contributed by atoms with E-state index in [4.69, 9.17) is 9.41 Å². The van der Waals surface area contributed by atoms with E-state index in [0.29, 0.717) is 6.54 Å². The molecule has 2 aromatic carbocycles. The van der Waals surface area contributed by atoms with Crippen molar-refractivity contribution in [1.82, 2.24) is 10.2 Å². The Kier molecular flexibility index (Phi) is 6.61. The molecule has 0 spiro atoms. The fraction of sp³-hybridized carbons (Fsp3) is 0.318. The number of fused-ring (bicyclic) bond motifs is 1. The maximum atomic E-state index is 9.20. The quantitative estimate of drug-likeness (QED) is 0.525. The first-order chi connectivity index (χ1) is 13.2. The van der Waals surface area contributed by atoms with E-state index in [2.05, 4.69) is 48.5 Å². The maximum absolute atomic E-state index is 9.20. The van der Waals surface area contributed by atoms with Crippen LogP contribution in [0, 0.1) is 0 Å². The second-order valence-electron chi connectivity index (χ2n) is 6.97. The van der Waals surface area contributed by atoms with E-state index >= 15 is 0 Å². The Balaban J connectivity index is 0.00000225. The van der Waals surface area contributed by atoms with E-state index in [0.717, 1.165) is 35.8 Å². The van der Waals surface area contributed by atoms with Gasteiger partial charge in [0, 0.05) is 31.0 Å². The lowest BCUT2D eigenvalue weighted by Gasteiger charge is -2.21. The molecule has 1 unspecified atom stereocenters. The van der Waals surface area contributed by atoms with Crippen LogP contribution in [-0.2, 0) is 19.6 Å². The van der Waals surface area contributed by atoms with E-state index in [1.165, 1.54) is 16.5 Å². The highest BCUT2D eigenvalue weighted by Crippen LogP contribution is 2.28. The zero-order valence-electron chi connectivity index (χ0n) is 16.2. The Morgan fingerprint density at radius 2 is 1.93 bits per heavy atom. The lowest BCUT2D eigenvalue weighted by molar-refractivity contribution is 0.282. The number of aryl methyl sites for hydroxylation is 1. The fourth-order valence-corrected chi connectivity index (χ4v) is 3.62. The van der Waals surface area contributed by atoms with Crippen molar-refractivity contribution in [3.05, 3.63) is 71.0 Å². The molecular formula is C22H26IN3O2. The number of nitrogens with one attached hydrogen (secondary N) is 1. The van der Waals surface area contributed by atoms with Gasteiger partial charge in [0.15, 0.2) is 5.96 Å². The molecule has 6 heteroatoms. The van der Waals surface area contributed by atoms with Crippen molar-refractivity contribution < 1.29 is 9.52 Å². The minimum absolute atomic E-state index is 0. The number of halogens is 1. The first-order valence-corrected chi connectivity index (χ1v) is 9.40. The van der Waals surface area contributed by atoms with Crippen molar-refractivity contribution in [3.8, 4) is 0 Å². The summed E-state index contributed by atoms with van der Waals surface area (Å²) in [4.78, 5) is 6.85. The van der Waals surface area contributed by atoms with Crippen molar-refractivity contribution in [2.75, 3.05) is 13.6 Å². The second kappa shape index (κ2) is 8.96. The zero-order chi connectivity index (χ0) is 18.8. The van der Waals surface area contributed by atoms with Crippen LogP contribution >= 0.6 is 24.0 Å². The number of benzene rings is 2. The highest BCUT2D eigenvalue weighted by atomic mass is 127. The first-order valence-electron chi connectivity index (χ1n) is 9.40. The van der Waals surface area contributed by atoms with Gasteiger partial charge in [0.1, 0.15) is 11.3 Å². The molecule has 3 aromatic rings. The van der Waals surface area contributed by atoms with Gasteiger partial charge in [-0.05, 0) is 17.2 Å². The number of aliphatic hydroxyl groups excluding tert-OH is 1. The van der Waals surface area contributed by atoms with Gasteiger partial charge < -0.3 is 19.7 Å². The Morgan fingerprint density at radius 3 is 2.64 bits per heavy atom. The monoisotopic (exact) mass is 491 g/mol. The van der Waals surface area contributed by atoms with E-state index in [-0.39, 0.29) is 36.6 Å². The van der Waals surface area contributed by atoms with Gasteiger partial charge in [0.2, 0.25) is 0 Å². The maximum Gasteiger partial charge on any atom is 0.194 e. The summed E-state index contributed by atoms with van der Waals surface area (Å²) in [5.74, 6) is 1.94. The van der Waals surface area contributed by atoms with E-state index in [1.807, 2.05) is 24.3 Å². The van der Waals surface area contributed by atoms with Gasteiger partial charge in [-0.15, -0.1) is 24.0 Å². The van der Waals surface area contributed by atoms with Crippen LogP contribution in [0.5, 0.6) is 0 Å². The van der Waals surface area contributed by atoms with Gasteiger partial charge >= 0.3 is 0 Å². The fourth-order valence-electron chi connectivity index (χ4n) is 3.62. The molecule has 28 heavy (non-hydrogen) atoms. The summed E-state index contributed by atoms with van der Waals surface area (Å²) in [5, 5.41) is 13.9. The summed E-state index contributed by atoms with van der Waals surface area (Å²) in [6.07, 6.45) is 0.873. The van der Waals surface area contributed by atoms with Gasteiger partial charge in [-0.2, -0.15) is 0 Å². The number of guanidine groups is 1. The normalized spacial score (nSPS) is 15.8. The summed E-state index contributed by atoms with van der Waals surface area (Å²) < 4.78 is 6.02. The minimum atomic E-state index is 0. The highest BCUT2D eigenvalue weighted by molar-refractivity contribution is 14.0. The molecule has 0 aliphatic carbocycles. The third-order valence-corrected chi connectivity index (χ3v) is 5.15. The van der Waals surface area contributed by atoms with Crippen LogP contribution in [0.25, 0.3) is 11.0 Å². The largest absolute Gasteiger partial charge is 0.461 e. The van der Waals surface area contributed by atoms with E-state index in [1.54, 1.807) is 0 Å². The molecule has 1 aliphatic heterocycles. The number of para-hydroxylation sites is 1. The van der Waals surface area contributed by atoms with Gasteiger partial charge in [0.25, 0.3) is 0 Å². The molecule has 148 valence electrons. The van der Waals surface area contributed by atoms with Crippen molar-refractivity contribution in [2.45, 2.75) is 32.5 Å². The third kappa shape index (κ3) is 4.03. The van der Waals surface area contributed by atoms with Crippen molar-refractivity contribution >= 4 is 40.9 Å². The summed E-state index contributed by atoms with van der Waals surface area (Å²) in [6, 6.07) is 16.4. The third-order valence-electron chi connectivity index (χ3n) is 5.15. The van der Waals surface area contributed by atoms with Crippen molar-refractivity contribution in [3.63, 3.8) is 0 Å². The molecule has 0 saturated carbocycles. The summed E-state index contributed by atoms with van der Waals surface area (Å²) in [5.41, 5.74) is 4.29. The molecule has 4 rings (SSSR count). The van der Waals surface area contributed by atoms with E-state index in [9.17, 15) is 5.11 Å². The van der Waals surface area contributed by atoms with Crippen LogP contribution in [0.15, 0.2) is 57.9 Å². The Morgan fingerprint density at radius 1 is 1.18 bits per heavy atom. The summed E-state index contributed by atoms with van der Waals surface area (Å²) >= 11 is 0. The predicted octanol–water partition coefficient (Wildman–Crippen LogP) is 4.24. The molecule has 1 aliphatic rings. The second-order valence-corrected chi connectivity index (χ2v) is 6.97. The molecule has 2 heterocycles. The van der Waals surface area contributed by atoms with Crippen molar-refractivity contribution in [1.29, 1.82) is 0 Å². The molecule has 0 bridgehead atoms. The Labute approximate surface area is 182 Å². The molecule has 1 aromatic heterocycles. The summed E-state index contributed by atoms with van der Waals surface area (Å²) in [7, 11) is 2.06. The molecule has 0 amide bonds. The average Bonchev–Trinajstić information content (AvgIpc) is 3.33. The lowest BCUT2D eigenvalue weighted by atomic mass is 10.1. The number of furan rings is 1. The zero-order valence-corrected chi connectivity index (χ0v) is 18.5. The minimum Gasteiger partial charge on any atom is -0.461 e. The van der Waals surface area contributed by atoms with Gasteiger partial charge in [-0.3, -0.25) is 4.99 Å². The number of hydrogen-bond donors (Lipinski definition) is 2. The van der Waals surface area contributed by atoms with Gasteiger partial charge in [-0.1, -0.05) is 49.4 Å². The first kappa shape index (κ1) is 20.7. The SMILES string of the molecule is CCc1oc2ccccc2c1CN(C)C1=NCC(c2ccc(CO)cc2)N1.I. The molecular weight excluding hydrogens is 465 g/mol. The molecule has 5 nitrogen and oxygen atoms in total. The van der Waals surface area contributed by atoms with Crippen LogP contribution in [0.4, 0.5) is 0 Å². The Bertz CT molecular complexity index is 966. The van der Waals surface area contributed by atoms with Crippen LogP contribution in [0.3, 0.4) is 0 Å².